The summed E-state index contributed by atoms with van der Waals surface area (Å²) in [6, 6.07) is 8.26. The normalized spacial score (nSPS) is 11.0. The van der Waals surface area contributed by atoms with Crippen molar-refractivity contribution >= 4 is 33.0 Å². The molecule has 1 N–H and O–H groups in total. The van der Waals surface area contributed by atoms with Crippen LogP contribution in [0.25, 0.3) is 10.1 Å². The summed E-state index contributed by atoms with van der Waals surface area (Å²) in [4.78, 5) is 1.23. The Morgan fingerprint density at radius 2 is 2.14 bits per heavy atom. The highest BCUT2D eigenvalue weighted by Crippen LogP contribution is 2.34. The molecule has 0 saturated heterocycles. The van der Waals surface area contributed by atoms with Crippen molar-refractivity contribution in [3.63, 3.8) is 0 Å². The van der Waals surface area contributed by atoms with Gasteiger partial charge in [-0.25, -0.2) is 0 Å². The third-order valence-corrected chi connectivity index (χ3v) is 3.85. The molecule has 3 heteroatoms. The molecule has 0 aliphatic heterocycles. The number of benzene rings is 1. The molecule has 0 aliphatic rings. The van der Waals surface area contributed by atoms with Crippen molar-refractivity contribution in [2.75, 3.05) is 6.54 Å². The predicted octanol–water partition coefficient (Wildman–Crippen LogP) is 3.66. The first-order valence-electron chi connectivity index (χ1n) is 4.69. The molecule has 1 aromatic heterocycles. The van der Waals surface area contributed by atoms with Crippen molar-refractivity contribution in [3.8, 4) is 0 Å². The molecule has 0 unspecified atom stereocenters. The topological polar surface area (TPSA) is 12.0 Å². The lowest BCUT2D eigenvalue weighted by Gasteiger charge is -1.97. The molecular weight excluding hydrogens is 214 g/mol. The van der Waals surface area contributed by atoms with Crippen molar-refractivity contribution in [3.05, 3.63) is 34.2 Å². The number of thiophene rings is 1. The van der Waals surface area contributed by atoms with Gasteiger partial charge in [-0.1, -0.05) is 36.7 Å². The quantitative estimate of drug-likeness (QED) is 0.841. The second kappa shape index (κ2) is 4.30. The van der Waals surface area contributed by atoms with Gasteiger partial charge in [0.05, 0.1) is 5.02 Å². The Bertz CT molecular complexity index is 436. The SMILES string of the molecule is CCNCc1sc2ccccc2c1Cl. The average Bonchev–Trinajstić information content (AvgIpc) is 2.54. The van der Waals surface area contributed by atoms with E-state index in [0.717, 1.165) is 18.1 Å². The van der Waals surface area contributed by atoms with E-state index in [-0.39, 0.29) is 0 Å². The molecule has 0 amide bonds. The molecule has 2 rings (SSSR count). The zero-order valence-corrected chi connectivity index (χ0v) is 9.58. The van der Waals surface area contributed by atoms with Gasteiger partial charge >= 0.3 is 0 Å². The van der Waals surface area contributed by atoms with Crippen LogP contribution in [0.4, 0.5) is 0 Å². The Morgan fingerprint density at radius 3 is 2.86 bits per heavy atom. The summed E-state index contributed by atoms with van der Waals surface area (Å²) < 4.78 is 1.27. The van der Waals surface area contributed by atoms with E-state index in [1.807, 2.05) is 12.1 Å². The minimum Gasteiger partial charge on any atom is -0.312 e. The number of fused-ring (bicyclic) bond motifs is 1. The van der Waals surface area contributed by atoms with Gasteiger partial charge in [0, 0.05) is 21.5 Å². The first-order valence-corrected chi connectivity index (χ1v) is 5.89. The molecule has 0 spiro atoms. The fourth-order valence-electron chi connectivity index (χ4n) is 1.42. The Balaban J connectivity index is 2.41. The molecule has 0 aliphatic carbocycles. The maximum absolute atomic E-state index is 6.26. The third-order valence-electron chi connectivity index (χ3n) is 2.14. The molecule has 0 atom stereocenters. The smallest absolute Gasteiger partial charge is 0.0636 e. The number of nitrogens with one attached hydrogen (secondary N) is 1. The van der Waals surface area contributed by atoms with Gasteiger partial charge in [0.2, 0.25) is 0 Å². The van der Waals surface area contributed by atoms with Crippen LogP contribution in [0.2, 0.25) is 5.02 Å². The second-order valence-electron chi connectivity index (χ2n) is 3.12. The molecule has 0 saturated carbocycles. The zero-order valence-electron chi connectivity index (χ0n) is 8.01. The van der Waals surface area contributed by atoms with Crippen molar-refractivity contribution in [2.24, 2.45) is 0 Å². The van der Waals surface area contributed by atoms with E-state index in [2.05, 4.69) is 24.4 Å². The number of hydrogen-bond donors (Lipinski definition) is 1. The zero-order chi connectivity index (χ0) is 9.97. The van der Waals surface area contributed by atoms with Crippen molar-refractivity contribution in [1.82, 2.24) is 5.32 Å². The highest BCUT2D eigenvalue weighted by molar-refractivity contribution is 7.19. The standard InChI is InChI=1S/C11H12ClNS/c1-2-13-7-10-11(12)8-5-3-4-6-9(8)14-10/h3-6,13H,2,7H2,1H3. The van der Waals surface area contributed by atoms with Gasteiger partial charge in [-0.05, 0) is 12.6 Å². The Hall–Kier alpha value is -0.570. The molecule has 0 radical (unpaired) electrons. The van der Waals surface area contributed by atoms with E-state index in [1.54, 1.807) is 11.3 Å². The van der Waals surface area contributed by atoms with Crippen LogP contribution in [0.1, 0.15) is 11.8 Å². The van der Waals surface area contributed by atoms with Crippen LogP contribution >= 0.6 is 22.9 Å². The summed E-state index contributed by atoms with van der Waals surface area (Å²) in [5, 5.41) is 5.37. The molecule has 1 aromatic carbocycles. The maximum Gasteiger partial charge on any atom is 0.0636 e. The molecule has 74 valence electrons. The van der Waals surface area contributed by atoms with Crippen LogP contribution in [0.5, 0.6) is 0 Å². The van der Waals surface area contributed by atoms with Crippen LogP contribution in [0.3, 0.4) is 0 Å². The highest BCUT2D eigenvalue weighted by atomic mass is 35.5. The van der Waals surface area contributed by atoms with E-state index >= 15 is 0 Å². The lowest BCUT2D eigenvalue weighted by molar-refractivity contribution is 0.736. The largest absolute Gasteiger partial charge is 0.312 e. The van der Waals surface area contributed by atoms with Gasteiger partial charge < -0.3 is 5.32 Å². The molecule has 14 heavy (non-hydrogen) atoms. The summed E-state index contributed by atoms with van der Waals surface area (Å²) in [5.41, 5.74) is 0. The Kier molecular flexibility index (Phi) is 3.06. The monoisotopic (exact) mass is 225 g/mol. The Labute approximate surface area is 92.7 Å². The van der Waals surface area contributed by atoms with Crippen molar-refractivity contribution < 1.29 is 0 Å². The van der Waals surface area contributed by atoms with Crippen LogP contribution in [-0.2, 0) is 6.54 Å². The van der Waals surface area contributed by atoms with E-state index in [4.69, 9.17) is 11.6 Å². The maximum atomic E-state index is 6.26. The molecule has 1 nitrogen and oxygen atoms in total. The molecule has 2 aromatic rings. The van der Waals surface area contributed by atoms with Crippen LogP contribution in [0.15, 0.2) is 24.3 Å². The lowest BCUT2D eigenvalue weighted by atomic mass is 10.2. The fourth-order valence-corrected chi connectivity index (χ4v) is 2.89. The van der Waals surface area contributed by atoms with Crippen LogP contribution < -0.4 is 5.32 Å². The van der Waals surface area contributed by atoms with Gasteiger partial charge in [0.15, 0.2) is 0 Å². The summed E-state index contributed by atoms with van der Waals surface area (Å²) >= 11 is 8.03. The van der Waals surface area contributed by atoms with E-state index in [1.165, 1.54) is 15.0 Å². The molecule has 0 fully saturated rings. The number of halogens is 1. The molecule has 1 heterocycles. The van der Waals surface area contributed by atoms with E-state index in [0.29, 0.717) is 0 Å². The van der Waals surface area contributed by atoms with Crippen molar-refractivity contribution in [1.29, 1.82) is 0 Å². The van der Waals surface area contributed by atoms with Gasteiger partial charge in [0.25, 0.3) is 0 Å². The molecular formula is C11H12ClNS. The highest BCUT2D eigenvalue weighted by Gasteiger charge is 2.08. The summed E-state index contributed by atoms with van der Waals surface area (Å²) in [6.07, 6.45) is 0. The van der Waals surface area contributed by atoms with Crippen LogP contribution in [0, 0.1) is 0 Å². The van der Waals surface area contributed by atoms with Gasteiger partial charge in [0.1, 0.15) is 0 Å². The van der Waals surface area contributed by atoms with Gasteiger partial charge in [-0.2, -0.15) is 0 Å². The van der Waals surface area contributed by atoms with E-state index in [9.17, 15) is 0 Å². The Morgan fingerprint density at radius 1 is 1.36 bits per heavy atom. The van der Waals surface area contributed by atoms with E-state index < -0.39 is 0 Å². The number of hydrogen-bond acceptors (Lipinski definition) is 2. The predicted molar refractivity (Wildman–Crippen MR) is 64.2 cm³/mol. The number of rotatable bonds is 3. The minimum atomic E-state index is 0.870. The summed E-state index contributed by atoms with van der Waals surface area (Å²) in [5.74, 6) is 0. The first kappa shape index (κ1) is 9.97. The molecule has 0 bridgehead atoms. The van der Waals surface area contributed by atoms with Crippen LogP contribution in [-0.4, -0.2) is 6.54 Å². The van der Waals surface area contributed by atoms with Crippen molar-refractivity contribution in [2.45, 2.75) is 13.5 Å². The third kappa shape index (κ3) is 1.78. The first-order chi connectivity index (χ1) is 6.83. The average molecular weight is 226 g/mol. The minimum absolute atomic E-state index is 0.870. The van der Waals surface area contributed by atoms with Gasteiger partial charge in [-0.3, -0.25) is 0 Å². The lowest BCUT2D eigenvalue weighted by Crippen LogP contribution is -2.10. The summed E-state index contributed by atoms with van der Waals surface area (Å²) in [7, 11) is 0. The summed E-state index contributed by atoms with van der Waals surface area (Å²) in [6.45, 7) is 3.94. The van der Waals surface area contributed by atoms with Gasteiger partial charge in [-0.15, -0.1) is 11.3 Å². The second-order valence-corrected chi connectivity index (χ2v) is 4.63. The fraction of sp³-hybridized carbons (Fsp3) is 0.273.